The Morgan fingerprint density at radius 3 is 2.92 bits per heavy atom. The molecule has 0 saturated carbocycles. The zero-order valence-electron chi connectivity index (χ0n) is 15.4. The molecule has 6 nitrogen and oxygen atoms in total. The molecule has 0 unspecified atom stereocenters. The second-order valence-electron chi connectivity index (χ2n) is 6.43. The molecule has 1 fully saturated rings. The maximum atomic E-state index is 12.9. The molecule has 0 spiro atoms. The summed E-state index contributed by atoms with van der Waals surface area (Å²) in [6.45, 7) is 3.73. The molecular formula is C20H25N3O3. The molecule has 1 aliphatic heterocycles. The molecule has 3 rings (SSSR count). The highest BCUT2D eigenvalue weighted by Gasteiger charge is 2.27. The minimum atomic E-state index is 0.0624. The van der Waals surface area contributed by atoms with E-state index in [0.717, 1.165) is 35.5 Å². The van der Waals surface area contributed by atoms with Gasteiger partial charge in [-0.3, -0.25) is 14.8 Å². The summed E-state index contributed by atoms with van der Waals surface area (Å²) in [5.74, 6) is 0.861. The lowest BCUT2D eigenvalue weighted by atomic mass is 10.0. The predicted octanol–water partition coefficient (Wildman–Crippen LogP) is 2.20. The first kappa shape index (κ1) is 18.3. The van der Waals surface area contributed by atoms with E-state index in [-0.39, 0.29) is 11.9 Å². The lowest BCUT2D eigenvalue weighted by molar-refractivity contribution is -0.139. The van der Waals surface area contributed by atoms with E-state index >= 15 is 0 Å². The maximum Gasteiger partial charge on any atom is 0.227 e. The number of hydrogen-bond acceptors (Lipinski definition) is 5. The number of rotatable bonds is 6. The number of amides is 1. The van der Waals surface area contributed by atoms with Gasteiger partial charge < -0.3 is 14.4 Å². The predicted molar refractivity (Wildman–Crippen MR) is 98.1 cm³/mol. The zero-order chi connectivity index (χ0) is 18.4. The number of aromatic nitrogens is 2. The highest BCUT2D eigenvalue weighted by Crippen LogP contribution is 2.21. The molecule has 6 heteroatoms. The van der Waals surface area contributed by atoms with Crippen molar-refractivity contribution >= 4 is 5.91 Å². The van der Waals surface area contributed by atoms with Gasteiger partial charge in [-0.25, -0.2) is 0 Å². The average molecular weight is 355 g/mol. The van der Waals surface area contributed by atoms with Crippen LogP contribution in [0.1, 0.15) is 23.4 Å². The first-order chi connectivity index (χ1) is 12.7. The number of benzene rings is 1. The second-order valence-corrected chi connectivity index (χ2v) is 6.43. The van der Waals surface area contributed by atoms with Gasteiger partial charge in [-0.1, -0.05) is 18.2 Å². The molecule has 0 N–H and O–H groups in total. The van der Waals surface area contributed by atoms with E-state index in [0.29, 0.717) is 26.2 Å². The molecule has 1 aromatic carbocycles. The first-order valence-electron chi connectivity index (χ1n) is 8.94. The highest BCUT2D eigenvalue weighted by molar-refractivity contribution is 5.80. The van der Waals surface area contributed by atoms with Crippen LogP contribution in [0.25, 0.3) is 0 Å². The van der Waals surface area contributed by atoms with Crippen LogP contribution in [0.5, 0.6) is 5.75 Å². The first-order valence-corrected chi connectivity index (χ1v) is 8.94. The monoisotopic (exact) mass is 355 g/mol. The van der Waals surface area contributed by atoms with Crippen molar-refractivity contribution in [1.29, 1.82) is 0 Å². The van der Waals surface area contributed by atoms with E-state index in [1.165, 1.54) is 0 Å². The minimum absolute atomic E-state index is 0.0624. The molecule has 0 radical (unpaired) electrons. The van der Waals surface area contributed by atoms with Crippen LogP contribution >= 0.6 is 0 Å². The number of para-hydroxylation sites is 1. The Bertz CT molecular complexity index is 751. The smallest absolute Gasteiger partial charge is 0.227 e. The fourth-order valence-corrected chi connectivity index (χ4v) is 3.32. The lowest BCUT2D eigenvalue weighted by Gasteiger charge is -2.36. The van der Waals surface area contributed by atoms with Gasteiger partial charge in [0.15, 0.2) is 0 Å². The molecular weight excluding hydrogens is 330 g/mol. The Kier molecular flexibility index (Phi) is 6.17. The van der Waals surface area contributed by atoms with Crippen LogP contribution in [0, 0.1) is 6.92 Å². The third-order valence-electron chi connectivity index (χ3n) is 4.78. The number of aryl methyl sites for hydroxylation is 2. The summed E-state index contributed by atoms with van der Waals surface area (Å²) in [4.78, 5) is 23.5. The summed E-state index contributed by atoms with van der Waals surface area (Å²) < 4.78 is 11.0. The molecule has 1 amide bonds. The standard InChI is InChI=1S/C20H25N3O3/c1-15-18(22-10-9-21-15)8-7-17-14-26-12-11-23(17)20(24)13-16-5-3-4-6-19(16)25-2/h3-6,9-10,17H,7-8,11-14H2,1-2H3/t17-/m0/s1. The molecule has 1 atom stereocenters. The van der Waals surface area contributed by atoms with Gasteiger partial charge in [0.1, 0.15) is 5.75 Å². The largest absolute Gasteiger partial charge is 0.496 e. The third kappa shape index (κ3) is 4.38. The van der Waals surface area contributed by atoms with E-state index in [9.17, 15) is 4.79 Å². The van der Waals surface area contributed by atoms with Crippen molar-refractivity contribution in [1.82, 2.24) is 14.9 Å². The summed E-state index contributed by atoms with van der Waals surface area (Å²) in [5.41, 5.74) is 2.83. The Labute approximate surface area is 154 Å². The summed E-state index contributed by atoms with van der Waals surface area (Å²) in [7, 11) is 1.63. The molecule has 138 valence electrons. The molecule has 2 aromatic rings. The molecule has 2 heterocycles. The van der Waals surface area contributed by atoms with E-state index in [1.54, 1.807) is 19.5 Å². The van der Waals surface area contributed by atoms with Crippen molar-refractivity contribution in [3.8, 4) is 5.75 Å². The number of carbonyl (C=O) groups excluding carboxylic acids is 1. The fourth-order valence-electron chi connectivity index (χ4n) is 3.32. The van der Waals surface area contributed by atoms with E-state index < -0.39 is 0 Å². The minimum Gasteiger partial charge on any atom is -0.496 e. The van der Waals surface area contributed by atoms with E-state index in [2.05, 4.69) is 9.97 Å². The average Bonchev–Trinajstić information content (AvgIpc) is 2.68. The SMILES string of the molecule is COc1ccccc1CC(=O)N1CCOC[C@@H]1CCc1nccnc1C. The van der Waals surface area contributed by atoms with Crippen molar-refractivity contribution in [2.24, 2.45) is 0 Å². The van der Waals surface area contributed by atoms with Crippen LogP contribution in [-0.2, 0) is 22.4 Å². The Morgan fingerprint density at radius 2 is 2.12 bits per heavy atom. The molecule has 1 saturated heterocycles. The van der Waals surface area contributed by atoms with Gasteiger partial charge in [0.05, 0.1) is 44.2 Å². The van der Waals surface area contributed by atoms with Crippen molar-refractivity contribution in [2.75, 3.05) is 26.9 Å². The van der Waals surface area contributed by atoms with Crippen LogP contribution in [-0.4, -0.2) is 53.7 Å². The van der Waals surface area contributed by atoms with Gasteiger partial charge in [0.25, 0.3) is 0 Å². The molecule has 0 aliphatic carbocycles. The fraction of sp³-hybridized carbons (Fsp3) is 0.450. The highest BCUT2D eigenvalue weighted by atomic mass is 16.5. The number of hydrogen-bond donors (Lipinski definition) is 0. The van der Waals surface area contributed by atoms with Gasteiger partial charge >= 0.3 is 0 Å². The Morgan fingerprint density at radius 1 is 1.31 bits per heavy atom. The maximum absolute atomic E-state index is 12.9. The molecule has 26 heavy (non-hydrogen) atoms. The summed E-state index contributed by atoms with van der Waals surface area (Å²) in [5, 5.41) is 0. The molecule has 0 bridgehead atoms. The van der Waals surface area contributed by atoms with Gasteiger partial charge in [-0.15, -0.1) is 0 Å². The lowest BCUT2D eigenvalue weighted by Crippen LogP contribution is -2.49. The van der Waals surface area contributed by atoms with Crippen LogP contribution in [0.3, 0.4) is 0 Å². The van der Waals surface area contributed by atoms with Gasteiger partial charge in [-0.05, 0) is 25.8 Å². The van der Waals surface area contributed by atoms with Gasteiger partial charge in [0, 0.05) is 24.5 Å². The molecule has 1 aliphatic rings. The van der Waals surface area contributed by atoms with Crippen LogP contribution < -0.4 is 4.74 Å². The van der Waals surface area contributed by atoms with Gasteiger partial charge in [0.2, 0.25) is 5.91 Å². The third-order valence-corrected chi connectivity index (χ3v) is 4.78. The number of methoxy groups -OCH3 is 1. The van der Waals surface area contributed by atoms with E-state index in [1.807, 2.05) is 36.1 Å². The van der Waals surface area contributed by atoms with Crippen molar-refractivity contribution in [2.45, 2.75) is 32.2 Å². The Balaban J connectivity index is 1.66. The van der Waals surface area contributed by atoms with Crippen molar-refractivity contribution in [3.63, 3.8) is 0 Å². The number of carbonyl (C=O) groups is 1. The van der Waals surface area contributed by atoms with Crippen molar-refractivity contribution < 1.29 is 14.3 Å². The Hall–Kier alpha value is -2.47. The molecule has 1 aromatic heterocycles. The van der Waals surface area contributed by atoms with E-state index in [4.69, 9.17) is 9.47 Å². The summed E-state index contributed by atoms with van der Waals surface area (Å²) in [6.07, 6.45) is 5.35. The summed E-state index contributed by atoms with van der Waals surface area (Å²) in [6, 6.07) is 7.73. The van der Waals surface area contributed by atoms with Gasteiger partial charge in [-0.2, -0.15) is 0 Å². The normalized spacial score (nSPS) is 17.2. The van der Waals surface area contributed by atoms with Crippen molar-refractivity contribution in [3.05, 3.63) is 53.6 Å². The zero-order valence-corrected chi connectivity index (χ0v) is 15.4. The number of ether oxygens (including phenoxy) is 2. The topological polar surface area (TPSA) is 64.5 Å². The summed E-state index contributed by atoms with van der Waals surface area (Å²) >= 11 is 0. The quantitative estimate of drug-likeness (QED) is 0.795. The van der Waals surface area contributed by atoms with Crippen LogP contribution in [0.2, 0.25) is 0 Å². The van der Waals surface area contributed by atoms with Crippen LogP contribution in [0.15, 0.2) is 36.7 Å². The number of morpholine rings is 1. The second kappa shape index (κ2) is 8.76. The number of nitrogens with zero attached hydrogens (tertiary/aromatic N) is 3. The van der Waals surface area contributed by atoms with Crippen LogP contribution in [0.4, 0.5) is 0 Å².